The average molecular weight is 379 g/mol. The Morgan fingerprint density at radius 2 is 1.75 bits per heavy atom. The van der Waals surface area contributed by atoms with Crippen molar-refractivity contribution in [2.45, 2.75) is 19.8 Å². The summed E-state index contributed by atoms with van der Waals surface area (Å²) in [6.45, 7) is 4.45. The average Bonchev–Trinajstić information content (AvgIpc) is 3.14. The van der Waals surface area contributed by atoms with Gasteiger partial charge in [-0.1, -0.05) is 37.3 Å². The summed E-state index contributed by atoms with van der Waals surface area (Å²) in [5.74, 6) is -0.0556. The molecule has 0 saturated carbocycles. The minimum absolute atomic E-state index is 0.0163. The number of carbonyl (C=O) groups is 2. The van der Waals surface area contributed by atoms with E-state index in [0.29, 0.717) is 24.2 Å². The second kappa shape index (κ2) is 9.71. The van der Waals surface area contributed by atoms with Gasteiger partial charge >= 0.3 is 0 Å². The second-order valence-corrected chi connectivity index (χ2v) is 6.58. The zero-order valence-corrected chi connectivity index (χ0v) is 16.0. The maximum atomic E-state index is 12.4. The van der Waals surface area contributed by atoms with Crippen LogP contribution in [0.15, 0.2) is 59.0 Å². The Kier molecular flexibility index (Phi) is 6.81. The van der Waals surface area contributed by atoms with Crippen LogP contribution in [0.25, 0.3) is 11.0 Å². The Labute approximate surface area is 164 Å². The van der Waals surface area contributed by atoms with E-state index >= 15 is 0 Å². The maximum absolute atomic E-state index is 12.4. The lowest BCUT2D eigenvalue weighted by molar-refractivity contribution is -0.120. The van der Waals surface area contributed by atoms with E-state index in [4.69, 9.17) is 4.42 Å². The number of anilines is 1. The number of fused-ring (bicyclic) bond motifs is 1. The smallest absolute Gasteiger partial charge is 0.291 e. The van der Waals surface area contributed by atoms with Crippen LogP contribution in [0.5, 0.6) is 0 Å². The Bertz CT molecular complexity index is 899. The summed E-state index contributed by atoms with van der Waals surface area (Å²) >= 11 is 0. The lowest BCUT2D eigenvalue weighted by atomic mass is 10.1. The van der Waals surface area contributed by atoms with E-state index in [0.717, 1.165) is 30.5 Å². The largest absolute Gasteiger partial charge is 0.451 e. The van der Waals surface area contributed by atoms with Crippen LogP contribution in [0.4, 0.5) is 5.69 Å². The first-order chi connectivity index (χ1) is 13.7. The zero-order valence-electron chi connectivity index (χ0n) is 16.0. The van der Waals surface area contributed by atoms with E-state index in [2.05, 4.69) is 22.9 Å². The molecule has 0 bridgehead atoms. The molecule has 6 nitrogen and oxygen atoms in total. The molecule has 3 aromatic rings. The third-order valence-electron chi connectivity index (χ3n) is 4.28. The molecule has 0 atom stereocenters. The zero-order chi connectivity index (χ0) is 19.8. The molecule has 146 valence electrons. The Morgan fingerprint density at radius 3 is 2.50 bits per heavy atom. The number of rotatable bonds is 9. The van der Waals surface area contributed by atoms with Gasteiger partial charge in [-0.2, -0.15) is 0 Å². The molecule has 0 aliphatic rings. The first kappa shape index (κ1) is 19.6. The summed E-state index contributed by atoms with van der Waals surface area (Å²) in [6, 6.07) is 16.4. The number of furan rings is 1. The monoisotopic (exact) mass is 379 g/mol. The van der Waals surface area contributed by atoms with Gasteiger partial charge in [0.25, 0.3) is 5.91 Å². The normalized spacial score (nSPS) is 10.8. The summed E-state index contributed by atoms with van der Waals surface area (Å²) in [5.41, 5.74) is 2.22. The number of hydrogen-bond acceptors (Lipinski definition) is 4. The van der Waals surface area contributed by atoms with Crippen molar-refractivity contribution in [1.82, 2.24) is 10.6 Å². The third kappa shape index (κ3) is 5.44. The van der Waals surface area contributed by atoms with E-state index in [1.807, 2.05) is 36.4 Å². The molecule has 0 spiro atoms. The van der Waals surface area contributed by atoms with Gasteiger partial charge in [-0.15, -0.1) is 0 Å². The fourth-order valence-electron chi connectivity index (χ4n) is 2.83. The molecule has 0 saturated heterocycles. The number of carbonyl (C=O) groups excluding carboxylic acids is 2. The number of nitrogens with one attached hydrogen (secondary N) is 3. The molecular formula is C22H25N3O3. The molecule has 0 aliphatic heterocycles. The van der Waals surface area contributed by atoms with Crippen molar-refractivity contribution < 1.29 is 14.0 Å². The molecule has 2 amide bonds. The van der Waals surface area contributed by atoms with Gasteiger partial charge in [0, 0.05) is 24.2 Å². The number of hydrogen-bond donors (Lipinski definition) is 3. The van der Waals surface area contributed by atoms with Crippen molar-refractivity contribution in [2.24, 2.45) is 0 Å². The lowest BCUT2D eigenvalue weighted by Crippen LogP contribution is -2.32. The minimum Gasteiger partial charge on any atom is -0.451 e. The van der Waals surface area contributed by atoms with Crippen molar-refractivity contribution >= 4 is 28.5 Å². The molecule has 0 radical (unpaired) electrons. The highest BCUT2D eigenvalue weighted by molar-refractivity contribution is 6.04. The van der Waals surface area contributed by atoms with Crippen molar-refractivity contribution in [1.29, 1.82) is 0 Å². The first-order valence-corrected chi connectivity index (χ1v) is 9.52. The minimum atomic E-state index is -0.304. The Hall–Kier alpha value is -3.12. The van der Waals surface area contributed by atoms with E-state index in [1.165, 1.54) is 0 Å². The van der Waals surface area contributed by atoms with Crippen LogP contribution in [-0.2, 0) is 11.2 Å². The highest BCUT2D eigenvalue weighted by Crippen LogP contribution is 2.20. The van der Waals surface area contributed by atoms with Crippen molar-refractivity contribution in [2.75, 3.05) is 25.0 Å². The highest BCUT2D eigenvalue weighted by Gasteiger charge is 2.12. The van der Waals surface area contributed by atoms with Gasteiger partial charge < -0.3 is 20.4 Å². The Morgan fingerprint density at radius 1 is 0.964 bits per heavy atom. The molecule has 1 aromatic heterocycles. The Balaban J connectivity index is 1.49. The fraction of sp³-hybridized carbons (Fsp3) is 0.273. The first-order valence-electron chi connectivity index (χ1n) is 9.52. The van der Waals surface area contributed by atoms with Gasteiger partial charge in [-0.05, 0) is 42.8 Å². The van der Waals surface area contributed by atoms with Crippen LogP contribution in [0.3, 0.4) is 0 Å². The molecular weight excluding hydrogens is 354 g/mol. The fourth-order valence-corrected chi connectivity index (χ4v) is 2.83. The number of para-hydroxylation sites is 1. The number of amides is 2. The van der Waals surface area contributed by atoms with Gasteiger partial charge in [0.05, 0.1) is 6.42 Å². The third-order valence-corrected chi connectivity index (χ3v) is 4.28. The molecule has 6 heteroatoms. The second-order valence-electron chi connectivity index (χ2n) is 6.58. The van der Waals surface area contributed by atoms with E-state index in [1.54, 1.807) is 18.2 Å². The van der Waals surface area contributed by atoms with E-state index in [9.17, 15) is 9.59 Å². The quantitative estimate of drug-likeness (QED) is 0.498. The van der Waals surface area contributed by atoms with Crippen LogP contribution in [0.2, 0.25) is 0 Å². The molecule has 0 fully saturated rings. The maximum Gasteiger partial charge on any atom is 0.291 e. The van der Waals surface area contributed by atoms with Gasteiger partial charge in [-0.3, -0.25) is 9.59 Å². The lowest BCUT2D eigenvalue weighted by Gasteiger charge is -2.07. The van der Waals surface area contributed by atoms with Crippen molar-refractivity contribution in [3.63, 3.8) is 0 Å². The van der Waals surface area contributed by atoms with Gasteiger partial charge in [0.15, 0.2) is 5.76 Å². The summed E-state index contributed by atoms with van der Waals surface area (Å²) in [6.07, 6.45) is 1.39. The molecule has 28 heavy (non-hydrogen) atoms. The topological polar surface area (TPSA) is 83.4 Å². The van der Waals surface area contributed by atoms with Gasteiger partial charge in [0.2, 0.25) is 5.91 Å². The molecule has 1 heterocycles. The van der Waals surface area contributed by atoms with Gasteiger partial charge in [-0.25, -0.2) is 0 Å². The van der Waals surface area contributed by atoms with Crippen LogP contribution in [0, 0.1) is 0 Å². The van der Waals surface area contributed by atoms with E-state index in [-0.39, 0.29) is 17.6 Å². The molecule has 3 N–H and O–H groups in total. The van der Waals surface area contributed by atoms with Crippen LogP contribution >= 0.6 is 0 Å². The summed E-state index contributed by atoms with van der Waals surface area (Å²) in [7, 11) is 0. The summed E-state index contributed by atoms with van der Waals surface area (Å²) < 4.78 is 5.57. The predicted molar refractivity (Wildman–Crippen MR) is 110 cm³/mol. The van der Waals surface area contributed by atoms with Crippen molar-refractivity contribution in [3.8, 4) is 0 Å². The van der Waals surface area contributed by atoms with Crippen molar-refractivity contribution in [3.05, 3.63) is 65.9 Å². The summed E-state index contributed by atoms with van der Waals surface area (Å²) in [4.78, 5) is 24.3. The molecule has 0 unspecified atom stereocenters. The standard InChI is InChI=1S/C22H25N3O3/c1-2-11-23-12-13-24-21(26)14-16-7-9-18(10-8-16)25-22(27)20-15-17-5-3-4-6-19(17)28-20/h3-10,15,23H,2,11-14H2,1H3,(H,24,26)(H,25,27). The summed E-state index contributed by atoms with van der Waals surface area (Å²) in [5, 5.41) is 9.83. The van der Waals surface area contributed by atoms with Crippen LogP contribution in [0.1, 0.15) is 29.5 Å². The molecule has 3 rings (SSSR count). The molecule has 2 aromatic carbocycles. The molecule has 0 aliphatic carbocycles. The number of benzene rings is 2. The van der Waals surface area contributed by atoms with Crippen LogP contribution in [-0.4, -0.2) is 31.4 Å². The highest BCUT2D eigenvalue weighted by atomic mass is 16.3. The van der Waals surface area contributed by atoms with E-state index < -0.39 is 0 Å². The van der Waals surface area contributed by atoms with Crippen LogP contribution < -0.4 is 16.0 Å². The van der Waals surface area contributed by atoms with Gasteiger partial charge in [0.1, 0.15) is 5.58 Å². The SMILES string of the molecule is CCCNCCNC(=O)Cc1ccc(NC(=O)c2cc3ccccc3o2)cc1. The predicted octanol–water partition coefficient (Wildman–Crippen LogP) is 3.34.